The zero-order chi connectivity index (χ0) is 25.6. The lowest BCUT2D eigenvalue weighted by Gasteiger charge is -2.15. The van der Waals surface area contributed by atoms with Crippen LogP contribution in [0, 0.1) is 0 Å². The number of hydrogen-bond donors (Lipinski definition) is 1. The molecule has 2 aromatic carbocycles. The topological polar surface area (TPSA) is 81.2 Å². The molecule has 3 aromatic heterocycles. The Morgan fingerprint density at radius 3 is 2.58 bits per heavy atom. The second kappa shape index (κ2) is 9.00. The first-order valence-electron chi connectivity index (χ1n) is 10.4. The highest BCUT2D eigenvalue weighted by Gasteiger charge is 2.42. The van der Waals surface area contributed by atoms with Crippen LogP contribution in [0.3, 0.4) is 0 Å². The molecule has 5 aromatic rings. The van der Waals surface area contributed by atoms with Crippen LogP contribution in [0.1, 0.15) is 27.5 Å². The molecule has 11 heteroatoms. The Hall–Kier alpha value is -3.82. The average Bonchev–Trinajstić information content (AvgIpc) is 3.44. The molecule has 1 N–H and O–H groups in total. The highest BCUT2D eigenvalue weighted by Crippen LogP contribution is 2.41. The van der Waals surface area contributed by atoms with E-state index in [0.717, 1.165) is 10.6 Å². The predicted molar refractivity (Wildman–Crippen MR) is 127 cm³/mol. The van der Waals surface area contributed by atoms with Gasteiger partial charge in [0.15, 0.2) is 5.76 Å². The fourth-order valence-corrected chi connectivity index (χ4v) is 4.45. The van der Waals surface area contributed by atoms with Gasteiger partial charge in [-0.3, -0.25) is 9.78 Å². The van der Waals surface area contributed by atoms with Crippen molar-refractivity contribution >= 4 is 39.9 Å². The smallest absolute Gasteiger partial charge is 0.432 e. The molecule has 0 aliphatic rings. The molecule has 36 heavy (non-hydrogen) atoms. The minimum atomic E-state index is -4.95. The molecule has 0 fully saturated rings. The van der Waals surface area contributed by atoms with Gasteiger partial charge >= 0.3 is 6.18 Å². The fraction of sp³-hybridized carbons (Fsp3) is 0.0800. The zero-order valence-corrected chi connectivity index (χ0v) is 19.6. The monoisotopic (exact) mass is 531 g/mol. The van der Waals surface area contributed by atoms with Gasteiger partial charge in [-0.15, -0.1) is 0 Å². The Morgan fingerprint density at radius 1 is 1.08 bits per heavy atom. The van der Waals surface area contributed by atoms with E-state index in [-0.39, 0.29) is 34.0 Å². The van der Waals surface area contributed by atoms with Crippen LogP contribution in [0.2, 0.25) is 10.0 Å². The molecule has 3 heterocycles. The van der Waals surface area contributed by atoms with Gasteiger partial charge in [-0.25, -0.2) is 4.98 Å². The highest BCUT2D eigenvalue weighted by atomic mass is 35.5. The SMILES string of the molecule is O=C(c1ncc(-c2cccnc2)o1)c1c(C(F)(F)F)n(Cc2ccc(Cl)cc2Cl)c2ccc(O)cc12. The van der Waals surface area contributed by atoms with Crippen molar-refractivity contribution in [2.75, 3.05) is 0 Å². The summed E-state index contributed by atoms with van der Waals surface area (Å²) >= 11 is 12.2. The summed E-state index contributed by atoms with van der Waals surface area (Å²) in [6.45, 7) is -0.314. The van der Waals surface area contributed by atoms with Crippen molar-refractivity contribution in [1.82, 2.24) is 14.5 Å². The van der Waals surface area contributed by atoms with Gasteiger partial charge in [0.05, 0.1) is 11.8 Å². The maximum absolute atomic E-state index is 14.5. The summed E-state index contributed by atoms with van der Waals surface area (Å²) < 4.78 is 50.0. The lowest BCUT2D eigenvalue weighted by Crippen LogP contribution is -2.19. The number of ketones is 1. The van der Waals surface area contributed by atoms with Crippen LogP contribution in [-0.2, 0) is 12.7 Å². The number of alkyl halides is 3. The number of carbonyl (C=O) groups is 1. The Kier molecular flexibility index (Phi) is 5.97. The lowest BCUT2D eigenvalue weighted by atomic mass is 10.1. The van der Waals surface area contributed by atoms with Crippen LogP contribution in [-0.4, -0.2) is 25.4 Å². The van der Waals surface area contributed by atoms with Crippen molar-refractivity contribution < 1.29 is 27.5 Å². The van der Waals surface area contributed by atoms with E-state index in [1.165, 1.54) is 48.9 Å². The molecule has 0 aliphatic heterocycles. The van der Waals surface area contributed by atoms with Gasteiger partial charge in [0.25, 0.3) is 11.7 Å². The number of aromatic nitrogens is 3. The van der Waals surface area contributed by atoms with Crippen molar-refractivity contribution in [1.29, 1.82) is 0 Å². The molecule has 0 saturated carbocycles. The molecule has 0 atom stereocenters. The normalized spacial score (nSPS) is 11.8. The number of aromatic hydroxyl groups is 1. The van der Waals surface area contributed by atoms with Crippen LogP contribution >= 0.6 is 23.2 Å². The first-order chi connectivity index (χ1) is 17.1. The minimum absolute atomic E-state index is 0.0635. The number of phenols is 1. The average molecular weight is 532 g/mol. The molecular weight excluding hydrogens is 518 g/mol. The van der Waals surface area contributed by atoms with Gasteiger partial charge in [-0.05, 0) is 48.0 Å². The van der Waals surface area contributed by atoms with Crippen molar-refractivity contribution in [3.05, 3.63) is 99.9 Å². The summed E-state index contributed by atoms with van der Waals surface area (Å²) in [5.41, 5.74) is -1.00. The second-order valence-corrected chi connectivity index (χ2v) is 8.69. The lowest BCUT2D eigenvalue weighted by molar-refractivity contribution is -0.143. The minimum Gasteiger partial charge on any atom is -0.508 e. The number of rotatable bonds is 5. The largest absolute Gasteiger partial charge is 0.508 e. The number of oxazole rings is 1. The fourth-order valence-electron chi connectivity index (χ4n) is 3.98. The van der Waals surface area contributed by atoms with Crippen LogP contribution in [0.5, 0.6) is 5.75 Å². The number of halogens is 5. The molecule has 0 amide bonds. The Balaban J connectivity index is 1.71. The van der Waals surface area contributed by atoms with E-state index in [9.17, 15) is 23.1 Å². The molecule has 5 rings (SSSR count). The van der Waals surface area contributed by atoms with Gasteiger partial charge in [0, 0.05) is 45.5 Å². The quantitative estimate of drug-likeness (QED) is 0.247. The van der Waals surface area contributed by atoms with Crippen LogP contribution in [0.4, 0.5) is 13.2 Å². The van der Waals surface area contributed by atoms with Gasteiger partial charge in [0.1, 0.15) is 11.4 Å². The summed E-state index contributed by atoms with van der Waals surface area (Å²) in [5, 5.41) is 10.4. The third kappa shape index (κ3) is 4.31. The van der Waals surface area contributed by atoms with E-state index >= 15 is 0 Å². The van der Waals surface area contributed by atoms with Gasteiger partial charge in [-0.2, -0.15) is 13.2 Å². The summed E-state index contributed by atoms with van der Waals surface area (Å²) in [4.78, 5) is 21.3. The Bertz CT molecular complexity index is 1610. The van der Waals surface area contributed by atoms with E-state index in [2.05, 4.69) is 9.97 Å². The van der Waals surface area contributed by atoms with E-state index in [1.807, 2.05) is 0 Å². The number of pyridine rings is 1. The Labute approximate surface area is 211 Å². The summed E-state index contributed by atoms with van der Waals surface area (Å²) in [6, 6.07) is 11.4. The van der Waals surface area contributed by atoms with Crippen molar-refractivity contribution in [3.63, 3.8) is 0 Å². The van der Waals surface area contributed by atoms with E-state index in [1.54, 1.807) is 12.1 Å². The molecule has 0 bridgehead atoms. The summed E-state index contributed by atoms with van der Waals surface area (Å²) in [6.07, 6.45) is -0.704. The van der Waals surface area contributed by atoms with E-state index in [4.69, 9.17) is 27.6 Å². The third-order valence-electron chi connectivity index (χ3n) is 5.53. The number of phenolic OH excluding ortho intramolecular Hbond substituents is 1. The van der Waals surface area contributed by atoms with Crippen molar-refractivity contribution in [3.8, 4) is 17.1 Å². The van der Waals surface area contributed by atoms with Crippen LogP contribution < -0.4 is 0 Å². The van der Waals surface area contributed by atoms with Gasteiger partial charge < -0.3 is 14.1 Å². The predicted octanol–water partition coefficient (Wildman–Crippen LogP) is 7.00. The maximum atomic E-state index is 14.5. The standard InChI is InChI=1S/C25H14Cl2F3N3O3/c26-15-4-3-14(18(27)8-15)12-33-19-6-5-16(34)9-17(19)21(23(33)25(28,29)30)22(35)24-32-11-20(36-24)13-2-1-7-31-10-13/h1-11,34H,12H2. The number of carbonyl (C=O) groups excluding carboxylic acids is 1. The van der Waals surface area contributed by atoms with Gasteiger partial charge in [0.2, 0.25) is 0 Å². The molecular formula is C25H14Cl2F3N3O3. The number of nitrogens with zero attached hydrogens (tertiary/aromatic N) is 3. The molecule has 0 radical (unpaired) electrons. The van der Waals surface area contributed by atoms with Crippen molar-refractivity contribution in [2.24, 2.45) is 0 Å². The number of benzene rings is 2. The maximum Gasteiger partial charge on any atom is 0.432 e. The van der Waals surface area contributed by atoms with Crippen molar-refractivity contribution in [2.45, 2.75) is 12.7 Å². The molecule has 0 aliphatic carbocycles. The number of hydrogen-bond acceptors (Lipinski definition) is 5. The third-order valence-corrected chi connectivity index (χ3v) is 6.12. The molecule has 0 saturated heterocycles. The van der Waals surface area contributed by atoms with Crippen LogP contribution in [0.15, 0.2) is 71.5 Å². The number of fused-ring (bicyclic) bond motifs is 1. The second-order valence-electron chi connectivity index (χ2n) is 7.85. The summed E-state index contributed by atoms with van der Waals surface area (Å²) in [5.74, 6) is -1.77. The van der Waals surface area contributed by atoms with Crippen LogP contribution in [0.25, 0.3) is 22.2 Å². The van der Waals surface area contributed by atoms with E-state index < -0.39 is 29.1 Å². The molecule has 182 valence electrons. The van der Waals surface area contributed by atoms with E-state index in [0.29, 0.717) is 16.1 Å². The summed E-state index contributed by atoms with van der Waals surface area (Å²) in [7, 11) is 0. The van der Waals surface area contributed by atoms with Gasteiger partial charge in [-0.1, -0.05) is 29.3 Å². The Morgan fingerprint density at radius 2 is 1.89 bits per heavy atom. The molecule has 0 unspecified atom stereocenters. The molecule has 6 nitrogen and oxygen atoms in total. The first-order valence-corrected chi connectivity index (χ1v) is 11.2. The first kappa shape index (κ1) is 23.9. The molecule has 0 spiro atoms. The zero-order valence-electron chi connectivity index (χ0n) is 18.1. The highest BCUT2D eigenvalue weighted by molar-refractivity contribution is 6.35.